The van der Waals surface area contributed by atoms with Crippen LogP contribution in [0.2, 0.25) is 0 Å². The van der Waals surface area contributed by atoms with Gasteiger partial charge in [-0.25, -0.2) is 9.97 Å². The van der Waals surface area contributed by atoms with Crippen molar-refractivity contribution in [2.75, 3.05) is 0 Å². The molecule has 0 bridgehead atoms. The zero-order valence-electron chi connectivity index (χ0n) is 19.8. The number of benzene rings is 3. The van der Waals surface area contributed by atoms with Gasteiger partial charge in [0.15, 0.2) is 0 Å². The lowest BCUT2D eigenvalue weighted by Crippen LogP contribution is -2.12. The van der Waals surface area contributed by atoms with Crippen LogP contribution < -0.4 is 5.73 Å². The van der Waals surface area contributed by atoms with E-state index in [0.717, 1.165) is 39.0 Å². The van der Waals surface area contributed by atoms with Gasteiger partial charge >= 0.3 is 5.97 Å². The van der Waals surface area contributed by atoms with Gasteiger partial charge in [0, 0.05) is 25.5 Å². The van der Waals surface area contributed by atoms with Gasteiger partial charge in [-0.3, -0.25) is 10.2 Å². The number of carbonyl (C=O) groups is 1. The van der Waals surface area contributed by atoms with E-state index in [-0.39, 0.29) is 30.7 Å². The molecule has 0 aliphatic heterocycles. The zero-order valence-corrected chi connectivity index (χ0v) is 20.6. The van der Waals surface area contributed by atoms with E-state index in [0.29, 0.717) is 18.4 Å². The van der Waals surface area contributed by atoms with E-state index in [1.165, 1.54) is 0 Å². The second kappa shape index (κ2) is 10.2. The summed E-state index contributed by atoms with van der Waals surface area (Å²) in [7, 11) is 2.00. The Morgan fingerprint density at radius 3 is 2.53 bits per heavy atom. The van der Waals surface area contributed by atoms with E-state index in [1.807, 2.05) is 61.6 Å². The number of carboxylic acids is 1. The van der Waals surface area contributed by atoms with Gasteiger partial charge in [0.1, 0.15) is 11.7 Å². The number of nitrogens with two attached hydrogens (primary N) is 1. The normalized spacial score (nSPS) is 11.9. The van der Waals surface area contributed by atoms with Crippen LogP contribution in [-0.2, 0) is 18.3 Å². The van der Waals surface area contributed by atoms with Gasteiger partial charge < -0.3 is 20.0 Å². The van der Waals surface area contributed by atoms with Crippen LogP contribution in [-0.4, -0.2) is 36.0 Å². The number of hydrogen-bond donors (Lipinski definition) is 3. The summed E-state index contributed by atoms with van der Waals surface area (Å²) >= 11 is 0. The van der Waals surface area contributed by atoms with Crippen LogP contribution in [0.4, 0.5) is 0 Å². The predicted molar refractivity (Wildman–Crippen MR) is 143 cm³/mol. The summed E-state index contributed by atoms with van der Waals surface area (Å²) in [5.74, 6) is 0.147. The number of fused-ring (bicyclic) bond motifs is 2. The number of aliphatic carboxylic acids is 1. The molecular formula is C27H27ClN6O2. The third-order valence-electron chi connectivity index (χ3n) is 6.46. The molecule has 0 aliphatic carbocycles. The van der Waals surface area contributed by atoms with Crippen molar-refractivity contribution in [1.29, 1.82) is 5.41 Å². The molecule has 1 atom stereocenters. The average Bonchev–Trinajstić information content (AvgIpc) is 3.40. The summed E-state index contributed by atoms with van der Waals surface area (Å²) in [5, 5.41) is 16.9. The van der Waals surface area contributed by atoms with Crippen LogP contribution in [0.25, 0.3) is 22.1 Å². The molecule has 8 nitrogen and oxygen atoms in total. The molecule has 9 heteroatoms. The Bertz CT molecular complexity index is 1550. The molecule has 0 radical (unpaired) electrons. The van der Waals surface area contributed by atoms with Gasteiger partial charge in [0.2, 0.25) is 0 Å². The molecule has 1 unspecified atom stereocenters. The first-order chi connectivity index (χ1) is 16.9. The van der Waals surface area contributed by atoms with Gasteiger partial charge in [-0.1, -0.05) is 42.5 Å². The minimum atomic E-state index is -0.823. The van der Waals surface area contributed by atoms with E-state index < -0.39 is 5.97 Å². The predicted octanol–water partition coefficient (Wildman–Crippen LogP) is 4.67. The Morgan fingerprint density at radius 1 is 1.06 bits per heavy atom. The third-order valence-corrected chi connectivity index (χ3v) is 6.46. The van der Waals surface area contributed by atoms with Crippen molar-refractivity contribution in [3.63, 3.8) is 0 Å². The SMILES string of the molecule is Cl.Cn1c(Cc2ccc(C(=N)N)cc2)nc2cc(C(CCC(=O)O)n3cnc4ccccc43)ccc21. The molecule has 2 heterocycles. The van der Waals surface area contributed by atoms with Gasteiger partial charge in [-0.15, -0.1) is 12.4 Å². The van der Waals surface area contributed by atoms with Gasteiger partial charge in [-0.05, 0) is 41.8 Å². The number of imidazole rings is 2. The molecule has 5 aromatic rings. The van der Waals surface area contributed by atoms with Crippen molar-refractivity contribution >= 4 is 46.3 Å². The van der Waals surface area contributed by atoms with Gasteiger partial charge in [0.05, 0.1) is 34.4 Å². The first kappa shape index (κ1) is 24.9. The highest BCUT2D eigenvalue weighted by Crippen LogP contribution is 2.30. The molecule has 0 amide bonds. The maximum absolute atomic E-state index is 11.4. The first-order valence-corrected chi connectivity index (χ1v) is 11.4. The van der Waals surface area contributed by atoms with E-state index >= 15 is 0 Å². The van der Waals surface area contributed by atoms with Crippen LogP contribution in [0, 0.1) is 5.41 Å². The minimum Gasteiger partial charge on any atom is -0.481 e. The highest BCUT2D eigenvalue weighted by Gasteiger charge is 2.19. The van der Waals surface area contributed by atoms with Crippen molar-refractivity contribution in [2.45, 2.75) is 25.3 Å². The maximum Gasteiger partial charge on any atom is 0.303 e. The van der Waals surface area contributed by atoms with Crippen molar-refractivity contribution in [2.24, 2.45) is 12.8 Å². The van der Waals surface area contributed by atoms with Crippen LogP contribution in [0.15, 0.2) is 73.1 Å². The van der Waals surface area contributed by atoms with Crippen LogP contribution in [0.1, 0.15) is 41.4 Å². The van der Waals surface area contributed by atoms with E-state index in [1.54, 1.807) is 6.33 Å². The number of nitrogen functional groups attached to an aromatic ring is 1. The number of carboxylic acid groups (broad SMARTS) is 1. The number of para-hydroxylation sites is 2. The maximum atomic E-state index is 11.4. The van der Waals surface area contributed by atoms with Crippen LogP contribution in [0.5, 0.6) is 0 Å². The first-order valence-electron chi connectivity index (χ1n) is 11.4. The summed E-state index contributed by atoms with van der Waals surface area (Å²) in [5.41, 5.74) is 12.1. The smallest absolute Gasteiger partial charge is 0.303 e. The van der Waals surface area contributed by atoms with Crippen molar-refractivity contribution in [3.8, 4) is 0 Å². The van der Waals surface area contributed by atoms with Gasteiger partial charge in [-0.2, -0.15) is 0 Å². The topological polar surface area (TPSA) is 123 Å². The lowest BCUT2D eigenvalue weighted by atomic mass is 10.0. The van der Waals surface area contributed by atoms with Crippen molar-refractivity contribution in [3.05, 3.63) is 95.6 Å². The number of nitrogens with one attached hydrogen (secondary N) is 1. The van der Waals surface area contributed by atoms with E-state index in [2.05, 4.69) is 26.3 Å². The zero-order chi connectivity index (χ0) is 24.5. The highest BCUT2D eigenvalue weighted by atomic mass is 35.5. The highest BCUT2D eigenvalue weighted by molar-refractivity contribution is 5.94. The Hall–Kier alpha value is -4.17. The van der Waals surface area contributed by atoms with Crippen molar-refractivity contribution in [1.82, 2.24) is 19.1 Å². The molecule has 0 saturated heterocycles. The summed E-state index contributed by atoms with van der Waals surface area (Å²) in [6, 6.07) is 21.5. The van der Waals surface area contributed by atoms with E-state index in [9.17, 15) is 9.90 Å². The Morgan fingerprint density at radius 2 is 1.81 bits per heavy atom. The molecule has 184 valence electrons. The number of amidine groups is 1. The summed E-state index contributed by atoms with van der Waals surface area (Å²) in [6.07, 6.45) is 2.94. The molecule has 5 rings (SSSR count). The van der Waals surface area contributed by atoms with Gasteiger partial charge in [0.25, 0.3) is 0 Å². The monoisotopic (exact) mass is 502 g/mol. The van der Waals surface area contributed by atoms with Crippen LogP contribution >= 0.6 is 12.4 Å². The Labute approximate surface area is 214 Å². The summed E-state index contributed by atoms with van der Waals surface area (Å²) in [4.78, 5) is 20.8. The van der Waals surface area contributed by atoms with Crippen LogP contribution in [0.3, 0.4) is 0 Å². The fourth-order valence-corrected chi connectivity index (χ4v) is 4.57. The number of aromatic nitrogens is 4. The lowest BCUT2D eigenvalue weighted by molar-refractivity contribution is -0.137. The number of aryl methyl sites for hydroxylation is 1. The minimum absolute atomic E-state index is 0. The summed E-state index contributed by atoms with van der Waals surface area (Å²) < 4.78 is 4.14. The Kier molecular flexibility index (Phi) is 7.07. The quantitative estimate of drug-likeness (QED) is 0.210. The fourth-order valence-electron chi connectivity index (χ4n) is 4.57. The second-order valence-electron chi connectivity index (χ2n) is 8.71. The second-order valence-corrected chi connectivity index (χ2v) is 8.71. The standard InChI is InChI=1S/C27H26N6O2.ClH/c1-32-23-11-10-19(15-21(23)31-25(32)14-17-6-8-18(9-7-17)27(28)29)22(12-13-26(34)35)33-16-30-20-4-2-3-5-24(20)33;/h2-11,15-16,22H,12-14H2,1H3,(H3,28,29)(H,34,35);1H. The molecule has 4 N–H and O–H groups in total. The molecule has 0 aliphatic rings. The number of rotatable bonds is 8. The average molecular weight is 503 g/mol. The molecule has 0 spiro atoms. The third kappa shape index (κ3) is 4.81. The lowest BCUT2D eigenvalue weighted by Gasteiger charge is -2.19. The molecular weight excluding hydrogens is 476 g/mol. The molecule has 0 saturated carbocycles. The largest absolute Gasteiger partial charge is 0.481 e. The Balaban J connectivity index is 0.00000304. The molecule has 0 fully saturated rings. The number of halogens is 1. The fraction of sp³-hybridized carbons (Fsp3) is 0.185. The molecule has 36 heavy (non-hydrogen) atoms. The van der Waals surface area contributed by atoms with Crippen molar-refractivity contribution < 1.29 is 9.90 Å². The molecule has 2 aromatic heterocycles. The van der Waals surface area contributed by atoms with E-state index in [4.69, 9.17) is 16.1 Å². The molecule has 3 aromatic carbocycles. The number of nitrogens with zero attached hydrogens (tertiary/aromatic N) is 4. The number of hydrogen-bond acceptors (Lipinski definition) is 4. The summed E-state index contributed by atoms with van der Waals surface area (Å²) in [6.45, 7) is 0.